The second kappa shape index (κ2) is 5.07. The second-order valence-electron chi connectivity index (χ2n) is 4.53. The summed E-state index contributed by atoms with van der Waals surface area (Å²) in [7, 11) is 0. The van der Waals surface area contributed by atoms with Gasteiger partial charge in [0, 0.05) is 22.8 Å². The van der Waals surface area contributed by atoms with Crippen molar-refractivity contribution in [1.29, 1.82) is 0 Å². The second-order valence-corrected chi connectivity index (χ2v) is 4.97. The average Bonchev–Trinajstić information content (AvgIpc) is 2.70. The van der Waals surface area contributed by atoms with Crippen LogP contribution in [0.2, 0.25) is 5.02 Å². The summed E-state index contributed by atoms with van der Waals surface area (Å²) in [6.07, 6.45) is 1.86. The van der Waals surface area contributed by atoms with Crippen LogP contribution in [0.25, 0.3) is 0 Å². The first-order valence-corrected chi connectivity index (χ1v) is 6.17. The van der Waals surface area contributed by atoms with Crippen LogP contribution in [-0.4, -0.2) is 30.6 Å². The molecule has 17 heavy (non-hydrogen) atoms. The van der Waals surface area contributed by atoms with Gasteiger partial charge in [-0.2, -0.15) is 0 Å². The number of benzene rings is 1. The van der Waals surface area contributed by atoms with E-state index in [1.54, 1.807) is 18.2 Å². The zero-order chi connectivity index (χ0) is 12.4. The SMILES string of the molecule is CC1CCN(c2cc(Cl)ccc2C=O)C1CO. The molecule has 0 radical (unpaired) electrons. The molecule has 4 heteroatoms. The highest BCUT2D eigenvalue weighted by Crippen LogP contribution is 2.32. The quantitative estimate of drug-likeness (QED) is 0.841. The van der Waals surface area contributed by atoms with Gasteiger partial charge in [-0.05, 0) is 30.5 Å². The molecule has 2 atom stereocenters. The number of aldehydes is 1. The van der Waals surface area contributed by atoms with E-state index in [4.69, 9.17) is 11.6 Å². The van der Waals surface area contributed by atoms with Crippen LogP contribution >= 0.6 is 11.6 Å². The van der Waals surface area contributed by atoms with Crippen LogP contribution in [0.5, 0.6) is 0 Å². The Morgan fingerprint density at radius 3 is 3.00 bits per heavy atom. The van der Waals surface area contributed by atoms with Gasteiger partial charge in [0.2, 0.25) is 0 Å². The van der Waals surface area contributed by atoms with Crippen LogP contribution in [0.4, 0.5) is 5.69 Å². The van der Waals surface area contributed by atoms with Crippen LogP contribution in [0, 0.1) is 5.92 Å². The van der Waals surface area contributed by atoms with Crippen LogP contribution < -0.4 is 4.90 Å². The molecule has 0 saturated carbocycles. The molecule has 1 aliphatic rings. The third kappa shape index (κ3) is 2.31. The summed E-state index contributed by atoms with van der Waals surface area (Å²) in [5.74, 6) is 0.429. The van der Waals surface area contributed by atoms with Gasteiger partial charge in [-0.1, -0.05) is 18.5 Å². The molecule has 0 amide bonds. The smallest absolute Gasteiger partial charge is 0.152 e. The van der Waals surface area contributed by atoms with Crippen molar-refractivity contribution in [2.24, 2.45) is 5.92 Å². The third-order valence-corrected chi connectivity index (χ3v) is 3.73. The number of carbonyl (C=O) groups excluding carboxylic acids is 1. The van der Waals surface area contributed by atoms with Gasteiger partial charge in [0.15, 0.2) is 6.29 Å². The van der Waals surface area contributed by atoms with Gasteiger partial charge in [0.25, 0.3) is 0 Å². The van der Waals surface area contributed by atoms with Crippen molar-refractivity contribution in [3.05, 3.63) is 28.8 Å². The molecule has 1 N–H and O–H groups in total. The summed E-state index contributed by atoms with van der Waals surface area (Å²) in [5, 5.41) is 10.1. The van der Waals surface area contributed by atoms with Crippen molar-refractivity contribution >= 4 is 23.6 Å². The largest absolute Gasteiger partial charge is 0.394 e. The van der Waals surface area contributed by atoms with Crippen LogP contribution in [0.3, 0.4) is 0 Å². The van der Waals surface area contributed by atoms with Crippen molar-refractivity contribution in [3.63, 3.8) is 0 Å². The molecule has 1 aromatic carbocycles. The van der Waals surface area contributed by atoms with E-state index in [9.17, 15) is 9.90 Å². The molecular formula is C13H16ClNO2. The summed E-state index contributed by atoms with van der Waals surface area (Å²) in [4.78, 5) is 13.1. The summed E-state index contributed by atoms with van der Waals surface area (Å²) in [6.45, 7) is 3.07. The fourth-order valence-electron chi connectivity index (χ4n) is 2.45. The molecule has 1 aliphatic heterocycles. The third-order valence-electron chi connectivity index (χ3n) is 3.50. The maximum absolute atomic E-state index is 11.0. The predicted molar refractivity (Wildman–Crippen MR) is 68.8 cm³/mol. The highest BCUT2D eigenvalue weighted by atomic mass is 35.5. The highest BCUT2D eigenvalue weighted by molar-refractivity contribution is 6.31. The van der Waals surface area contributed by atoms with E-state index in [0.29, 0.717) is 16.5 Å². The van der Waals surface area contributed by atoms with Crippen LogP contribution in [-0.2, 0) is 0 Å². The molecule has 0 bridgehead atoms. The molecule has 1 fully saturated rings. The molecule has 0 aliphatic carbocycles. The Kier molecular flexibility index (Phi) is 3.69. The van der Waals surface area contributed by atoms with Crippen molar-refractivity contribution in [1.82, 2.24) is 0 Å². The average molecular weight is 254 g/mol. The van der Waals surface area contributed by atoms with Crippen LogP contribution in [0.1, 0.15) is 23.7 Å². The van der Waals surface area contributed by atoms with Crippen LogP contribution in [0.15, 0.2) is 18.2 Å². The van der Waals surface area contributed by atoms with Gasteiger partial charge in [0.05, 0.1) is 12.6 Å². The summed E-state index contributed by atoms with van der Waals surface area (Å²) in [6, 6.07) is 5.31. The Morgan fingerprint density at radius 2 is 2.35 bits per heavy atom. The number of aliphatic hydroxyl groups is 1. The predicted octanol–water partition coefficient (Wildman–Crippen LogP) is 2.36. The molecule has 2 rings (SSSR count). The van der Waals surface area contributed by atoms with E-state index >= 15 is 0 Å². The minimum absolute atomic E-state index is 0.0761. The number of anilines is 1. The first-order chi connectivity index (χ1) is 8.17. The topological polar surface area (TPSA) is 40.5 Å². The van der Waals surface area contributed by atoms with Crippen molar-refractivity contribution in [2.75, 3.05) is 18.1 Å². The Balaban J connectivity index is 2.39. The molecule has 3 nitrogen and oxygen atoms in total. The number of halogens is 1. The summed E-state index contributed by atoms with van der Waals surface area (Å²) in [5.41, 5.74) is 1.46. The van der Waals surface area contributed by atoms with Gasteiger partial charge in [0.1, 0.15) is 0 Å². The first kappa shape index (κ1) is 12.4. The Hall–Kier alpha value is -1.06. The molecule has 92 valence electrons. The minimum Gasteiger partial charge on any atom is -0.394 e. The lowest BCUT2D eigenvalue weighted by atomic mass is 10.0. The molecule has 0 spiro atoms. The van der Waals surface area contributed by atoms with E-state index in [1.165, 1.54) is 0 Å². The highest BCUT2D eigenvalue weighted by Gasteiger charge is 2.31. The minimum atomic E-state index is 0.0761. The summed E-state index contributed by atoms with van der Waals surface area (Å²) < 4.78 is 0. The maximum atomic E-state index is 11.0. The van der Waals surface area contributed by atoms with Gasteiger partial charge >= 0.3 is 0 Å². The zero-order valence-electron chi connectivity index (χ0n) is 9.77. The van der Waals surface area contributed by atoms with Crippen molar-refractivity contribution < 1.29 is 9.90 Å². The number of carbonyl (C=O) groups is 1. The van der Waals surface area contributed by atoms with Crippen molar-refractivity contribution in [3.8, 4) is 0 Å². The molecule has 1 saturated heterocycles. The monoisotopic (exact) mass is 253 g/mol. The lowest BCUT2D eigenvalue weighted by molar-refractivity contribution is 0.112. The van der Waals surface area contributed by atoms with Gasteiger partial charge in [-0.15, -0.1) is 0 Å². The molecule has 2 unspecified atom stereocenters. The van der Waals surface area contributed by atoms with E-state index in [2.05, 4.69) is 11.8 Å². The zero-order valence-corrected chi connectivity index (χ0v) is 10.5. The lowest BCUT2D eigenvalue weighted by Gasteiger charge is -2.28. The molecule has 0 aromatic heterocycles. The van der Waals surface area contributed by atoms with E-state index < -0.39 is 0 Å². The molecular weight excluding hydrogens is 238 g/mol. The first-order valence-electron chi connectivity index (χ1n) is 5.79. The van der Waals surface area contributed by atoms with E-state index in [0.717, 1.165) is 24.9 Å². The number of hydrogen-bond acceptors (Lipinski definition) is 3. The lowest BCUT2D eigenvalue weighted by Crippen LogP contribution is -2.35. The normalized spacial score (nSPS) is 24.1. The Bertz CT molecular complexity index is 422. The maximum Gasteiger partial charge on any atom is 0.152 e. The Labute approximate surface area is 106 Å². The fourth-order valence-corrected chi connectivity index (χ4v) is 2.62. The van der Waals surface area contributed by atoms with Gasteiger partial charge < -0.3 is 10.0 Å². The summed E-state index contributed by atoms with van der Waals surface area (Å²) >= 11 is 5.97. The van der Waals surface area contributed by atoms with Gasteiger partial charge in [-0.3, -0.25) is 4.79 Å². The van der Waals surface area contributed by atoms with Crippen molar-refractivity contribution in [2.45, 2.75) is 19.4 Å². The molecule has 1 heterocycles. The standard InChI is InChI=1S/C13H16ClNO2/c1-9-4-5-15(13(9)8-17)12-6-11(14)3-2-10(12)7-16/h2-3,6-7,9,13,17H,4-5,8H2,1H3. The number of hydrogen-bond donors (Lipinski definition) is 1. The number of nitrogens with zero attached hydrogens (tertiary/aromatic N) is 1. The number of rotatable bonds is 3. The Morgan fingerprint density at radius 1 is 1.59 bits per heavy atom. The van der Waals surface area contributed by atoms with Gasteiger partial charge in [-0.25, -0.2) is 0 Å². The van der Waals surface area contributed by atoms with E-state index in [-0.39, 0.29) is 12.6 Å². The number of aliphatic hydroxyl groups excluding tert-OH is 1. The molecule has 1 aromatic rings. The fraction of sp³-hybridized carbons (Fsp3) is 0.462. The van der Waals surface area contributed by atoms with E-state index in [1.807, 2.05) is 0 Å².